The van der Waals surface area contributed by atoms with Crippen molar-refractivity contribution in [3.63, 3.8) is 0 Å². The van der Waals surface area contributed by atoms with Crippen LogP contribution in [-0.4, -0.2) is 34.1 Å². The van der Waals surface area contributed by atoms with Crippen molar-refractivity contribution < 1.29 is 14.6 Å². The first kappa shape index (κ1) is 18.5. The number of nitrogens with one attached hydrogen (secondary N) is 2. The molecule has 1 atom stereocenters. The Morgan fingerprint density at radius 2 is 2.16 bits per heavy atom. The molecule has 1 aromatic carbocycles. The Labute approximate surface area is 146 Å². The number of aromatic hydroxyl groups is 1. The molecular formula is C18H23N3O4. The van der Waals surface area contributed by atoms with Crippen molar-refractivity contribution in [1.82, 2.24) is 15.3 Å². The van der Waals surface area contributed by atoms with Gasteiger partial charge in [-0.15, -0.1) is 0 Å². The molecule has 1 heterocycles. The van der Waals surface area contributed by atoms with Crippen molar-refractivity contribution in [3.05, 3.63) is 52.1 Å². The van der Waals surface area contributed by atoms with Crippen LogP contribution in [0.4, 0.5) is 0 Å². The van der Waals surface area contributed by atoms with E-state index in [1.54, 1.807) is 0 Å². The highest BCUT2D eigenvalue weighted by Crippen LogP contribution is 2.28. The molecule has 134 valence electrons. The Morgan fingerprint density at radius 3 is 2.88 bits per heavy atom. The second-order valence-electron chi connectivity index (χ2n) is 5.79. The van der Waals surface area contributed by atoms with Gasteiger partial charge in [0.25, 0.3) is 11.5 Å². The number of amides is 1. The monoisotopic (exact) mass is 345 g/mol. The van der Waals surface area contributed by atoms with E-state index in [-0.39, 0.29) is 24.9 Å². The molecule has 0 spiro atoms. The molecule has 0 fully saturated rings. The van der Waals surface area contributed by atoms with Crippen LogP contribution in [0.5, 0.6) is 11.6 Å². The summed E-state index contributed by atoms with van der Waals surface area (Å²) in [6.07, 6.45) is 1.29. The van der Waals surface area contributed by atoms with Gasteiger partial charge in [0, 0.05) is 13.0 Å². The van der Waals surface area contributed by atoms with Crippen LogP contribution in [0.3, 0.4) is 0 Å². The minimum absolute atomic E-state index is 0.0859. The van der Waals surface area contributed by atoms with Crippen molar-refractivity contribution in [2.24, 2.45) is 0 Å². The summed E-state index contributed by atoms with van der Waals surface area (Å²) in [6.45, 7) is 4.41. The first-order chi connectivity index (χ1) is 12.0. The number of ether oxygens (including phenoxy) is 1. The summed E-state index contributed by atoms with van der Waals surface area (Å²) in [4.78, 5) is 29.4. The van der Waals surface area contributed by atoms with Gasteiger partial charge in [-0.1, -0.05) is 32.0 Å². The third-order valence-electron chi connectivity index (χ3n) is 3.88. The largest absolute Gasteiger partial charge is 0.493 e. The predicted molar refractivity (Wildman–Crippen MR) is 93.9 cm³/mol. The number of carbonyl (C=O) groups is 1. The number of aromatic nitrogens is 2. The average Bonchev–Trinajstić information content (AvgIpc) is 2.58. The van der Waals surface area contributed by atoms with Crippen LogP contribution in [-0.2, 0) is 11.2 Å². The van der Waals surface area contributed by atoms with E-state index in [1.807, 2.05) is 24.3 Å². The zero-order valence-corrected chi connectivity index (χ0v) is 14.4. The zero-order valence-electron chi connectivity index (χ0n) is 14.4. The summed E-state index contributed by atoms with van der Waals surface area (Å²) in [5.74, 6) is 0.781. The Hall–Kier alpha value is -2.83. The summed E-state index contributed by atoms with van der Waals surface area (Å²) < 4.78 is 5.64. The fourth-order valence-corrected chi connectivity index (χ4v) is 2.37. The van der Waals surface area contributed by atoms with Gasteiger partial charge in [0.15, 0.2) is 6.61 Å². The fourth-order valence-electron chi connectivity index (χ4n) is 2.37. The Kier molecular flexibility index (Phi) is 6.56. The van der Waals surface area contributed by atoms with Crippen LogP contribution in [0, 0.1) is 0 Å². The molecule has 2 aromatic rings. The number of carbonyl (C=O) groups excluding carboxylic acids is 1. The molecule has 7 heteroatoms. The van der Waals surface area contributed by atoms with E-state index >= 15 is 0 Å². The smallest absolute Gasteiger partial charge is 0.257 e. The molecule has 0 saturated heterocycles. The molecule has 0 aliphatic heterocycles. The lowest BCUT2D eigenvalue weighted by atomic mass is 9.98. The third kappa shape index (κ3) is 5.63. The quantitative estimate of drug-likeness (QED) is 0.676. The second kappa shape index (κ2) is 8.86. The summed E-state index contributed by atoms with van der Waals surface area (Å²) in [5.41, 5.74) is 0.651. The lowest BCUT2D eigenvalue weighted by molar-refractivity contribution is -0.123. The highest BCUT2D eigenvalue weighted by molar-refractivity contribution is 5.77. The number of nitrogens with zero attached hydrogens (tertiary/aromatic N) is 1. The zero-order chi connectivity index (χ0) is 18.2. The van der Waals surface area contributed by atoms with Gasteiger partial charge in [0.05, 0.1) is 6.07 Å². The SMILES string of the molecule is CC[C@@H](C)c1ccccc1OCC(=O)NCCc1nc(O)cc(=O)[nH]1. The minimum Gasteiger partial charge on any atom is -0.493 e. The maximum absolute atomic E-state index is 11.9. The summed E-state index contributed by atoms with van der Waals surface area (Å²) >= 11 is 0. The van der Waals surface area contributed by atoms with Crippen LogP contribution in [0.15, 0.2) is 35.1 Å². The molecule has 0 saturated carbocycles. The van der Waals surface area contributed by atoms with Crippen molar-refractivity contribution in [2.75, 3.05) is 13.2 Å². The van der Waals surface area contributed by atoms with Crippen LogP contribution >= 0.6 is 0 Å². The van der Waals surface area contributed by atoms with E-state index < -0.39 is 5.56 Å². The van der Waals surface area contributed by atoms with E-state index in [0.717, 1.165) is 18.1 Å². The van der Waals surface area contributed by atoms with E-state index in [4.69, 9.17) is 4.74 Å². The van der Waals surface area contributed by atoms with E-state index in [0.29, 0.717) is 23.9 Å². The lowest BCUT2D eigenvalue weighted by Gasteiger charge is -2.15. The van der Waals surface area contributed by atoms with Crippen molar-refractivity contribution in [1.29, 1.82) is 0 Å². The Morgan fingerprint density at radius 1 is 1.40 bits per heavy atom. The van der Waals surface area contributed by atoms with Gasteiger partial charge >= 0.3 is 0 Å². The van der Waals surface area contributed by atoms with Gasteiger partial charge in [-0.3, -0.25) is 9.59 Å². The maximum atomic E-state index is 11.9. The molecule has 1 amide bonds. The normalized spacial score (nSPS) is 11.8. The summed E-state index contributed by atoms with van der Waals surface area (Å²) in [7, 11) is 0. The number of hydrogen-bond acceptors (Lipinski definition) is 5. The molecule has 0 unspecified atom stereocenters. The number of hydrogen-bond donors (Lipinski definition) is 3. The number of rotatable bonds is 8. The minimum atomic E-state index is -0.432. The number of para-hydroxylation sites is 1. The predicted octanol–water partition coefficient (Wildman–Crippen LogP) is 1.73. The third-order valence-corrected chi connectivity index (χ3v) is 3.88. The van der Waals surface area contributed by atoms with Crippen LogP contribution in [0.2, 0.25) is 0 Å². The second-order valence-corrected chi connectivity index (χ2v) is 5.79. The van der Waals surface area contributed by atoms with Gasteiger partial charge in [0.2, 0.25) is 5.88 Å². The molecule has 1 aromatic heterocycles. The Balaban J connectivity index is 1.82. The number of aromatic amines is 1. The van der Waals surface area contributed by atoms with Crippen LogP contribution in [0.1, 0.15) is 37.6 Å². The lowest BCUT2D eigenvalue weighted by Crippen LogP contribution is -2.31. The molecule has 2 rings (SSSR count). The van der Waals surface area contributed by atoms with Gasteiger partial charge in [-0.05, 0) is 24.0 Å². The number of H-pyrrole nitrogens is 1. The maximum Gasteiger partial charge on any atom is 0.257 e. The summed E-state index contributed by atoms with van der Waals surface area (Å²) in [6, 6.07) is 8.69. The molecule has 0 aliphatic rings. The van der Waals surface area contributed by atoms with Gasteiger partial charge < -0.3 is 20.1 Å². The van der Waals surface area contributed by atoms with E-state index in [2.05, 4.69) is 29.1 Å². The van der Waals surface area contributed by atoms with E-state index in [1.165, 1.54) is 0 Å². The van der Waals surface area contributed by atoms with Crippen molar-refractivity contribution in [2.45, 2.75) is 32.6 Å². The standard InChI is InChI=1S/C18H23N3O4/c1-3-12(2)13-6-4-5-7-14(13)25-11-18(24)19-9-8-15-20-16(22)10-17(23)21-15/h4-7,10,12H,3,8-9,11H2,1-2H3,(H,19,24)(H2,20,21,22,23)/t12-/m1/s1. The highest BCUT2D eigenvalue weighted by Gasteiger charge is 2.11. The highest BCUT2D eigenvalue weighted by atomic mass is 16.5. The van der Waals surface area contributed by atoms with Gasteiger partial charge in [-0.2, -0.15) is 0 Å². The number of benzene rings is 1. The molecule has 0 radical (unpaired) electrons. The molecule has 25 heavy (non-hydrogen) atoms. The van der Waals surface area contributed by atoms with Gasteiger partial charge in [-0.25, -0.2) is 4.98 Å². The Bertz CT molecular complexity index is 773. The first-order valence-electron chi connectivity index (χ1n) is 8.27. The molecule has 3 N–H and O–H groups in total. The van der Waals surface area contributed by atoms with Crippen molar-refractivity contribution in [3.8, 4) is 11.6 Å². The molecule has 7 nitrogen and oxygen atoms in total. The van der Waals surface area contributed by atoms with E-state index in [9.17, 15) is 14.7 Å². The molecular weight excluding hydrogens is 322 g/mol. The fraction of sp³-hybridized carbons (Fsp3) is 0.389. The molecule has 0 bridgehead atoms. The van der Waals surface area contributed by atoms with Crippen molar-refractivity contribution >= 4 is 5.91 Å². The first-order valence-corrected chi connectivity index (χ1v) is 8.27. The molecule has 0 aliphatic carbocycles. The summed E-state index contributed by atoms with van der Waals surface area (Å²) in [5, 5.41) is 12.0. The average molecular weight is 345 g/mol. The van der Waals surface area contributed by atoms with Crippen LogP contribution in [0.25, 0.3) is 0 Å². The van der Waals surface area contributed by atoms with Gasteiger partial charge in [0.1, 0.15) is 11.6 Å². The topological polar surface area (TPSA) is 104 Å². The van der Waals surface area contributed by atoms with Crippen LogP contribution < -0.4 is 15.6 Å².